The lowest BCUT2D eigenvalue weighted by molar-refractivity contribution is -0.108. The molecule has 0 radical (unpaired) electrons. The summed E-state index contributed by atoms with van der Waals surface area (Å²) < 4.78 is 17.6. The van der Waals surface area contributed by atoms with Crippen LogP contribution in [0.3, 0.4) is 0 Å². The van der Waals surface area contributed by atoms with Crippen molar-refractivity contribution in [2.75, 3.05) is 13.2 Å². The standard InChI is InChI=1S/C14H18O3/c1-2-14-10-16-12(9-17-14)13(14)15-8-11-6-4-3-5-7-11/h3-7,12-13H,2,8-10H2,1H3/t12?,13-,14+/m0/s1. The maximum Gasteiger partial charge on any atom is 0.120 e. The van der Waals surface area contributed by atoms with Crippen molar-refractivity contribution < 1.29 is 14.2 Å². The van der Waals surface area contributed by atoms with Crippen molar-refractivity contribution in [3.05, 3.63) is 35.9 Å². The van der Waals surface area contributed by atoms with E-state index in [0.29, 0.717) is 19.8 Å². The second-order valence-corrected chi connectivity index (χ2v) is 4.80. The molecule has 92 valence electrons. The molecule has 2 heterocycles. The fourth-order valence-corrected chi connectivity index (χ4v) is 2.69. The largest absolute Gasteiger partial charge is 0.370 e. The lowest BCUT2D eigenvalue weighted by Gasteiger charge is -2.27. The van der Waals surface area contributed by atoms with Gasteiger partial charge in [0.15, 0.2) is 0 Å². The molecule has 3 nitrogen and oxygen atoms in total. The Kier molecular flexibility index (Phi) is 2.90. The SMILES string of the molecule is CC[C@]12COC(CO1)[C@@H]2OCc1ccccc1. The maximum atomic E-state index is 6.02. The van der Waals surface area contributed by atoms with E-state index in [9.17, 15) is 0 Å². The van der Waals surface area contributed by atoms with Crippen molar-refractivity contribution in [1.82, 2.24) is 0 Å². The highest BCUT2D eigenvalue weighted by Gasteiger charge is 2.56. The van der Waals surface area contributed by atoms with Crippen LogP contribution >= 0.6 is 0 Å². The van der Waals surface area contributed by atoms with E-state index in [4.69, 9.17) is 14.2 Å². The second-order valence-electron chi connectivity index (χ2n) is 4.80. The van der Waals surface area contributed by atoms with Gasteiger partial charge in [0, 0.05) is 0 Å². The van der Waals surface area contributed by atoms with Gasteiger partial charge in [0.05, 0.1) is 19.8 Å². The van der Waals surface area contributed by atoms with Crippen LogP contribution in [0.2, 0.25) is 0 Å². The van der Waals surface area contributed by atoms with E-state index >= 15 is 0 Å². The molecule has 2 saturated heterocycles. The molecule has 17 heavy (non-hydrogen) atoms. The second kappa shape index (κ2) is 4.41. The Labute approximate surface area is 102 Å². The Bertz CT molecular complexity index is 368. The number of ether oxygens (including phenoxy) is 3. The lowest BCUT2D eigenvalue weighted by atomic mass is 9.96. The maximum absolute atomic E-state index is 6.02. The first-order valence-electron chi connectivity index (χ1n) is 6.25. The average molecular weight is 234 g/mol. The molecule has 0 amide bonds. The van der Waals surface area contributed by atoms with E-state index in [1.807, 2.05) is 18.2 Å². The third-order valence-corrected chi connectivity index (χ3v) is 3.80. The van der Waals surface area contributed by atoms with Gasteiger partial charge in [-0.1, -0.05) is 37.3 Å². The fourth-order valence-electron chi connectivity index (χ4n) is 2.69. The molecule has 0 aliphatic carbocycles. The van der Waals surface area contributed by atoms with E-state index in [0.717, 1.165) is 6.42 Å². The summed E-state index contributed by atoms with van der Waals surface area (Å²) in [6.45, 7) is 4.12. The number of rotatable bonds is 4. The monoisotopic (exact) mass is 234 g/mol. The number of hydrogen-bond acceptors (Lipinski definition) is 3. The molecule has 0 aromatic heterocycles. The molecule has 0 spiro atoms. The van der Waals surface area contributed by atoms with Gasteiger partial charge in [0.1, 0.15) is 17.8 Å². The van der Waals surface area contributed by atoms with Crippen LogP contribution in [0.5, 0.6) is 0 Å². The summed E-state index contributed by atoms with van der Waals surface area (Å²) in [5.41, 5.74) is 1.00. The topological polar surface area (TPSA) is 27.7 Å². The van der Waals surface area contributed by atoms with Crippen LogP contribution in [-0.2, 0) is 20.8 Å². The molecule has 2 fully saturated rings. The lowest BCUT2D eigenvalue weighted by Crippen LogP contribution is -2.40. The van der Waals surface area contributed by atoms with E-state index < -0.39 is 0 Å². The summed E-state index contributed by atoms with van der Waals surface area (Å²) in [5.74, 6) is 0. The summed E-state index contributed by atoms with van der Waals surface area (Å²) in [7, 11) is 0. The van der Waals surface area contributed by atoms with Gasteiger partial charge in [0.25, 0.3) is 0 Å². The summed E-state index contributed by atoms with van der Waals surface area (Å²) >= 11 is 0. The van der Waals surface area contributed by atoms with Crippen LogP contribution in [0, 0.1) is 0 Å². The molecule has 1 unspecified atom stereocenters. The van der Waals surface area contributed by atoms with E-state index in [1.54, 1.807) is 0 Å². The Morgan fingerprint density at radius 3 is 2.82 bits per heavy atom. The molecule has 3 rings (SSSR count). The fraction of sp³-hybridized carbons (Fsp3) is 0.571. The van der Waals surface area contributed by atoms with Crippen LogP contribution < -0.4 is 0 Å². The average Bonchev–Trinajstić information content (AvgIpc) is 2.92. The van der Waals surface area contributed by atoms with Crippen molar-refractivity contribution in [3.8, 4) is 0 Å². The highest BCUT2D eigenvalue weighted by Crippen LogP contribution is 2.40. The zero-order valence-electron chi connectivity index (χ0n) is 10.1. The van der Waals surface area contributed by atoms with E-state index in [2.05, 4.69) is 19.1 Å². The van der Waals surface area contributed by atoms with E-state index in [1.165, 1.54) is 5.56 Å². The van der Waals surface area contributed by atoms with Gasteiger partial charge in [0.2, 0.25) is 0 Å². The minimum Gasteiger partial charge on any atom is -0.370 e. The van der Waals surface area contributed by atoms with Crippen LogP contribution in [-0.4, -0.2) is 31.0 Å². The Morgan fingerprint density at radius 1 is 1.35 bits per heavy atom. The van der Waals surface area contributed by atoms with Gasteiger partial charge in [-0.3, -0.25) is 0 Å². The molecule has 2 aliphatic heterocycles. The highest BCUT2D eigenvalue weighted by molar-refractivity contribution is 5.14. The van der Waals surface area contributed by atoms with Crippen molar-refractivity contribution >= 4 is 0 Å². The quantitative estimate of drug-likeness (QED) is 0.799. The molecule has 1 aromatic rings. The zero-order valence-corrected chi connectivity index (χ0v) is 10.1. The Balaban J connectivity index is 1.66. The predicted octanol–water partition coefficient (Wildman–Crippen LogP) is 2.15. The van der Waals surface area contributed by atoms with Crippen LogP contribution in [0.1, 0.15) is 18.9 Å². The predicted molar refractivity (Wildman–Crippen MR) is 63.7 cm³/mol. The molecular weight excluding hydrogens is 216 g/mol. The van der Waals surface area contributed by atoms with Gasteiger partial charge in [-0.15, -0.1) is 0 Å². The number of hydrogen-bond donors (Lipinski definition) is 0. The first-order chi connectivity index (χ1) is 8.34. The molecule has 1 aromatic carbocycles. The third-order valence-electron chi connectivity index (χ3n) is 3.80. The third kappa shape index (κ3) is 1.88. The van der Waals surface area contributed by atoms with Gasteiger partial charge in [-0.2, -0.15) is 0 Å². The Morgan fingerprint density at radius 2 is 2.18 bits per heavy atom. The van der Waals surface area contributed by atoms with Crippen LogP contribution in [0.25, 0.3) is 0 Å². The number of fused-ring (bicyclic) bond motifs is 2. The van der Waals surface area contributed by atoms with Gasteiger partial charge >= 0.3 is 0 Å². The minimum atomic E-state index is -0.195. The Hall–Kier alpha value is -0.900. The molecule has 0 saturated carbocycles. The summed E-state index contributed by atoms with van der Waals surface area (Å²) in [6, 6.07) is 10.2. The molecule has 3 atom stereocenters. The summed E-state index contributed by atoms with van der Waals surface area (Å²) in [4.78, 5) is 0. The van der Waals surface area contributed by atoms with Crippen molar-refractivity contribution in [1.29, 1.82) is 0 Å². The van der Waals surface area contributed by atoms with Gasteiger partial charge < -0.3 is 14.2 Å². The van der Waals surface area contributed by atoms with E-state index in [-0.39, 0.29) is 17.8 Å². The summed E-state index contributed by atoms with van der Waals surface area (Å²) in [6.07, 6.45) is 1.16. The normalized spacial score (nSPS) is 35.4. The first kappa shape index (κ1) is 11.2. The zero-order chi connectivity index (χ0) is 11.7. The van der Waals surface area contributed by atoms with Crippen molar-refractivity contribution in [2.24, 2.45) is 0 Å². The minimum absolute atomic E-state index is 0.0905. The smallest absolute Gasteiger partial charge is 0.120 e. The van der Waals surface area contributed by atoms with Crippen LogP contribution in [0.15, 0.2) is 30.3 Å². The van der Waals surface area contributed by atoms with Crippen molar-refractivity contribution in [3.63, 3.8) is 0 Å². The van der Waals surface area contributed by atoms with Crippen LogP contribution in [0.4, 0.5) is 0 Å². The number of benzene rings is 1. The highest BCUT2D eigenvalue weighted by atomic mass is 16.7. The van der Waals surface area contributed by atoms with Gasteiger partial charge in [-0.25, -0.2) is 0 Å². The molecule has 2 aliphatic rings. The first-order valence-corrected chi connectivity index (χ1v) is 6.25. The summed E-state index contributed by atoms with van der Waals surface area (Å²) in [5, 5.41) is 0. The molecule has 2 bridgehead atoms. The van der Waals surface area contributed by atoms with Gasteiger partial charge in [-0.05, 0) is 12.0 Å². The molecule has 3 heteroatoms. The van der Waals surface area contributed by atoms with Crippen molar-refractivity contribution in [2.45, 2.75) is 37.8 Å². The molecular formula is C14H18O3. The molecule has 0 N–H and O–H groups in total.